The highest BCUT2D eigenvalue weighted by Crippen LogP contribution is 2.14. The molecule has 0 saturated carbocycles. The SMILES string of the molecule is CC/C=C\C(=C/N)ONC(C(=O)NCc1ccccc1)c1ccccc1. The Labute approximate surface area is 154 Å². The van der Waals surface area contributed by atoms with Gasteiger partial charge in [-0.3, -0.25) is 4.79 Å². The molecule has 0 aliphatic rings. The number of amides is 1. The second kappa shape index (κ2) is 10.7. The second-order valence-electron chi connectivity index (χ2n) is 5.65. The fourth-order valence-electron chi connectivity index (χ4n) is 2.29. The van der Waals surface area contributed by atoms with Crippen molar-refractivity contribution >= 4 is 5.91 Å². The largest absolute Gasteiger partial charge is 0.406 e. The number of allylic oxidation sites excluding steroid dienone is 2. The number of benzene rings is 2. The molecule has 1 unspecified atom stereocenters. The van der Waals surface area contributed by atoms with Crippen molar-refractivity contribution in [3.05, 3.63) is 95.9 Å². The summed E-state index contributed by atoms with van der Waals surface area (Å²) in [7, 11) is 0. The lowest BCUT2D eigenvalue weighted by Gasteiger charge is -2.19. The average molecular weight is 351 g/mol. The van der Waals surface area contributed by atoms with Crippen LogP contribution in [0.25, 0.3) is 0 Å². The average Bonchev–Trinajstić information content (AvgIpc) is 2.70. The summed E-state index contributed by atoms with van der Waals surface area (Å²) in [6.45, 7) is 2.46. The Morgan fingerprint density at radius 3 is 2.38 bits per heavy atom. The molecule has 0 radical (unpaired) electrons. The lowest BCUT2D eigenvalue weighted by atomic mass is 10.1. The topological polar surface area (TPSA) is 76.4 Å². The van der Waals surface area contributed by atoms with E-state index in [1.807, 2.05) is 73.7 Å². The first kappa shape index (κ1) is 19.3. The first-order chi connectivity index (χ1) is 12.7. The molecule has 2 rings (SSSR count). The monoisotopic (exact) mass is 351 g/mol. The standard InChI is InChI=1S/C21H25N3O2/c1-2-3-14-19(15-22)26-24-20(18-12-8-5-9-13-18)21(25)23-16-17-10-6-4-7-11-17/h3-15,20,24H,2,16,22H2,1H3,(H,23,25)/b14-3-,19-15+. The van der Waals surface area contributed by atoms with Crippen LogP contribution in [0.4, 0.5) is 0 Å². The van der Waals surface area contributed by atoms with Crippen molar-refractivity contribution in [2.24, 2.45) is 5.73 Å². The highest BCUT2D eigenvalue weighted by molar-refractivity contribution is 5.83. The van der Waals surface area contributed by atoms with Gasteiger partial charge in [-0.1, -0.05) is 73.7 Å². The van der Waals surface area contributed by atoms with E-state index in [1.165, 1.54) is 6.20 Å². The Morgan fingerprint density at radius 1 is 1.12 bits per heavy atom. The number of hydroxylamine groups is 1. The molecular formula is C21H25N3O2. The molecule has 0 saturated heterocycles. The van der Waals surface area contributed by atoms with Crippen LogP contribution in [0.2, 0.25) is 0 Å². The molecule has 0 fully saturated rings. The van der Waals surface area contributed by atoms with Crippen LogP contribution in [-0.4, -0.2) is 5.91 Å². The van der Waals surface area contributed by atoms with Crippen LogP contribution in [0.5, 0.6) is 0 Å². The highest BCUT2D eigenvalue weighted by atomic mass is 16.6. The molecule has 1 atom stereocenters. The van der Waals surface area contributed by atoms with Gasteiger partial charge in [0.1, 0.15) is 6.04 Å². The van der Waals surface area contributed by atoms with E-state index in [0.29, 0.717) is 12.3 Å². The van der Waals surface area contributed by atoms with E-state index in [9.17, 15) is 4.79 Å². The predicted molar refractivity (Wildman–Crippen MR) is 103 cm³/mol. The normalized spacial score (nSPS) is 12.7. The number of nitrogens with one attached hydrogen (secondary N) is 2. The van der Waals surface area contributed by atoms with Crippen molar-refractivity contribution in [1.29, 1.82) is 0 Å². The van der Waals surface area contributed by atoms with Crippen molar-refractivity contribution in [2.45, 2.75) is 25.9 Å². The molecule has 1 amide bonds. The zero-order chi connectivity index (χ0) is 18.6. The Bertz CT molecular complexity index is 727. The third-order valence-electron chi connectivity index (χ3n) is 3.68. The van der Waals surface area contributed by atoms with Crippen LogP contribution >= 0.6 is 0 Å². The van der Waals surface area contributed by atoms with Crippen LogP contribution in [-0.2, 0) is 16.2 Å². The molecule has 136 valence electrons. The van der Waals surface area contributed by atoms with E-state index in [4.69, 9.17) is 10.6 Å². The summed E-state index contributed by atoms with van der Waals surface area (Å²) in [4.78, 5) is 18.2. The number of carbonyl (C=O) groups is 1. The zero-order valence-electron chi connectivity index (χ0n) is 14.9. The molecule has 4 N–H and O–H groups in total. The van der Waals surface area contributed by atoms with E-state index in [1.54, 1.807) is 6.08 Å². The van der Waals surface area contributed by atoms with Gasteiger partial charge >= 0.3 is 0 Å². The maximum atomic E-state index is 12.7. The van der Waals surface area contributed by atoms with Crippen molar-refractivity contribution in [1.82, 2.24) is 10.8 Å². The van der Waals surface area contributed by atoms with E-state index >= 15 is 0 Å². The first-order valence-corrected chi connectivity index (χ1v) is 8.62. The molecule has 0 spiro atoms. The number of carbonyl (C=O) groups excluding carboxylic acids is 1. The van der Waals surface area contributed by atoms with Gasteiger partial charge in [-0.2, -0.15) is 0 Å². The number of nitrogens with two attached hydrogens (primary N) is 1. The van der Waals surface area contributed by atoms with Crippen molar-refractivity contribution in [3.63, 3.8) is 0 Å². The van der Waals surface area contributed by atoms with Crippen molar-refractivity contribution in [2.75, 3.05) is 0 Å². The second-order valence-corrected chi connectivity index (χ2v) is 5.65. The van der Waals surface area contributed by atoms with Gasteiger partial charge in [0.2, 0.25) is 5.91 Å². The van der Waals surface area contributed by atoms with Gasteiger partial charge in [0.15, 0.2) is 5.76 Å². The molecule has 5 nitrogen and oxygen atoms in total. The van der Waals surface area contributed by atoms with Gasteiger partial charge in [0.25, 0.3) is 0 Å². The minimum atomic E-state index is -0.662. The summed E-state index contributed by atoms with van der Waals surface area (Å²) in [5, 5.41) is 2.93. The molecule has 2 aromatic carbocycles. The minimum Gasteiger partial charge on any atom is -0.406 e. The van der Waals surface area contributed by atoms with Crippen molar-refractivity contribution in [3.8, 4) is 0 Å². The maximum Gasteiger partial charge on any atom is 0.245 e. The van der Waals surface area contributed by atoms with E-state index in [2.05, 4.69) is 10.8 Å². The van der Waals surface area contributed by atoms with Crippen LogP contribution < -0.4 is 16.5 Å². The molecule has 26 heavy (non-hydrogen) atoms. The van der Waals surface area contributed by atoms with Crippen LogP contribution in [0, 0.1) is 0 Å². The fourth-order valence-corrected chi connectivity index (χ4v) is 2.29. The maximum absolute atomic E-state index is 12.7. The highest BCUT2D eigenvalue weighted by Gasteiger charge is 2.21. The Hall–Kier alpha value is -3.05. The number of rotatable bonds is 9. The minimum absolute atomic E-state index is 0.184. The summed E-state index contributed by atoms with van der Waals surface area (Å²) in [5.74, 6) is 0.263. The third-order valence-corrected chi connectivity index (χ3v) is 3.68. The lowest BCUT2D eigenvalue weighted by Crippen LogP contribution is -2.37. The molecule has 5 heteroatoms. The zero-order valence-corrected chi connectivity index (χ0v) is 14.9. The van der Waals surface area contributed by atoms with Gasteiger partial charge in [-0.25, -0.2) is 0 Å². The molecular weight excluding hydrogens is 326 g/mol. The lowest BCUT2D eigenvalue weighted by molar-refractivity contribution is -0.126. The summed E-state index contributed by atoms with van der Waals surface area (Å²) in [6.07, 6.45) is 5.90. The molecule has 0 aliphatic heterocycles. The first-order valence-electron chi connectivity index (χ1n) is 8.62. The number of hydrogen-bond acceptors (Lipinski definition) is 4. The van der Waals surface area contributed by atoms with Gasteiger partial charge in [-0.15, -0.1) is 5.48 Å². The Balaban J connectivity index is 2.06. The van der Waals surface area contributed by atoms with E-state index < -0.39 is 6.04 Å². The van der Waals surface area contributed by atoms with Gasteiger partial charge in [0.05, 0.1) is 0 Å². The van der Waals surface area contributed by atoms with Gasteiger partial charge in [-0.05, 0) is 23.6 Å². The summed E-state index contributed by atoms with van der Waals surface area (Å²) >= 11 is 0. The quantitative estimate of drug-likeness (QED) is 0.368. The summed E-state index contributed by atoms with van der Waals surface area (Å²) in [5.41, 5.74) is 10.2. The van der Waals surface area contributed by atoms with E-state index in [-0.39, 0.29) is 5.91 Å². The Kier molecular flexibility index (Phi) is 7.96. The molecule has 0 aromatic heterocycles. The van der Waals surface area contributed by atoms with Gasteiger partial charge in [0, 0.05) is 12.7 Å². The molecule has 0 heterocycles. The fraction of sp³-hybridized carbons (Fsp3) is 0.190. The van der Waals surface area contributed by atoms with Crippen LogP contribution in [0.3, 0.4) is 0 Å². The van der Waals surface area contributed by atoms with Crippen LogP contribution in [0.1, 0.15) is 30.5 Å². The van der Waals surface area contributed by atoms with Crippen molar-refractivity contribution < 1.29 is 9.63 Å². The number of hydrogen-bond donors (Lipinski definition) is 3. The molecule has 0 bridgehead atoms. The van der Waals surface area contributed by atoms with Crippen LogP contribution in [0.15, 0.2) is 84.8 Å². The smallest absolute Gasteiger partial charge is 0.245 e. The summed E-state index contributed by atoms with van der Waals surface area (Å²) in [6, 6.07) is 18.5. The Morgan fingerprint density at radius 2 is 1.77 bits per heavy atom. The third kappa shape index (κ3) is 6.11. The summed E-state index contributed by atoms with van der Waals surface area (Å²) < 4.78 is 0. The van der Waals surface area contributed by atoms with Gasteiger partial charge < -0.3 is 15.9 Å². The molecule has 2 aromatic rings. The van der Waals surface area contributed by atoms with E-state index in [0.717, 1.165) is 17.5 Å². The predicted octanol–water partition coefficient (Wildman–Crippen LogP) is 3.33. The molecule has 0 aliphatic carbocycles.